The molecule has 1 N–H and O–H groups in total. The first-order valence-corrected chi connectivity index (χ1v) is 11.0. The highest BCUT2D eigenvalue weighted by Gasteiger charge is 2.24. The van der Waals surface area contributed by atoms with Crippen LogP contribution in [0.15, 0.2) is 60.7 Å². The molecule has 0 radical (unpaired) electrons. The Hall–Kier alpha value is -3.78. The maximum atomic E-state index is 13.1. The summed E-state index contributed by atoms with van der Waals surface area (Å²) in [6.45, 7) is 1.27. The zero-order valence-corrected chi connectivity index (χ0v) is 18.2. The predicted molar refractivity (Wildman–Crippen MR) is 124 cm³/mol. The molecule has 32 heavy (non-hydrogen) atoms. The van der Waals surface area contributed by atoms with Crippen LogP contribution < -0.4 is 10.2 Å². The maximum Gasteiger partial charge on any atom is 0.356 e. The van der Waals surface area contributed by atoms with Gasteiger partial charge in [-0.25, -0.2) is 14.8 Å². The maximum absolute atomic E-state index is 13.1. The van der Waals surface area contributed by atoms with Crippen molar-refractivity contribution in [2.75, 3.05) is 23.9 Å². The minimum Gasteiger partial charge on any atom is -0.464 e. The van der Waals surface area contributed by atoms with E-state index in [0.29, 0.717) is 23.1 Å². The van der Waals surface area contributed by atoms with Crippen LogP contribution in [0.25, 0.3) is 10.2 Å². The van der Waals surface area contributed by atoms with E-state index >= 15 is 0 Å². The number of thiazole rings is 1. The quantitative estimate of drug-likeness (QED) is 0.473. The third kappa shape index (κ3) is 3.80. The molecular formula is C24H20N4O3S. The highest BCUT2D eigenvalue weighted by molar-refractivity contribution is 7.22. The molecule has 5 rings (SSSR count). The van der Waals surface area contributed by atoms with Crippen LogP contribution in [-0.4, -0.2) is 35.5 Å². The van der Waals surface area contributed by atoms with E-state index in [1.54, 1.807) is 12.1 Å². The summed E-state index contributed by atoms with van der Waals surface area (Å²) in [5.74, 6) is 0.0270. The third-order valence-corrected chi connectivity index (χ3v) is 6.44. The van der Waals surface area contributed by atoms with Crippen molar-refractivity contribution in [2.45, 2.75) is 13.0 Å². The van der Waals surface area contributed by atoms with Crippen LogP contribution in [-0.2, 0) is 17.7 Å². The van der Waals surface area contributed by atoms with Gasteiger partial charge in [-0.15, -0.1) is 0 Å². The van der Waals surface area contributed by atoms with Crippen LogP contribution >= 0.6 is 11.3 Å². The van der Waals surface area contributed by atoms with E-state index < -0.39 is 5.97 Å². The topological polar surface area (TPSA) is 84.4 Å². The average molecular weight is 445 g/mol. The molecule has 0 atom stereocenters. The van der Waals surface area contributed by atoms with E-state index in [9.17, 15) is 9.59 Å². The molecule has 0 fully saturated rings. The summed E-state index contributed by atoms with van der Waals surface area (Å²) < 4.78 is 5.81. The molecule has 1 aliphatic heterocycles. The second kappa shape index (κ2) is 8.39. The minimum atomic E-state index is -0.472. The number of aromatic nitrogens is 2. The summed E-state index contributed by atoms with van der Waals surface area (Å²) in [4.78, 5) is 36.0. The number of nitrogens with zero attached hydrogens (tertiary/aromatic N) is 3. The number of ether oxygens (including phenoxy) is 1. The molecule has 160 valence electrons. The van der Waals surface area contributed by atoms with Crippen molar-refractivity contribution in [1.29, 1.82) is 0 Å². The van der Waals surface area contributed by atoms with Crippen molar-refractivity contribution in [1.82, 2.24) is 9.97 Å². The van der Waals surface area contributed by atoms with Crippen molar-refractivity contribution >= 4 is 44.4 Å². The van der Waals surface area contributed by atoms with Gasteiger partial charge >= 0.3 is 5.97 Å². The fraction of sp³-hybridized carbons (Fsp3) is 0.167. The van der Waals surface area contributed by atoms with Gasteiger partial charge in [0.1, 0.15) is 5.82 Å². The number of benzene rings is 2. The van der Waals surface area contributed by atoms with Gasteiger partial charge in [0.2, 0.25) is 0 Å². The Bertz CT molecular complexity index is 1300. The summed E-state index contributed by atoms with van der Waals surface area (Å²) in [6, 6.07) is 18.9. The molecule has 2 aromatic carbocycles. The number of carbonyl (C=O) groups is 2. The number of anilines is 2. The van der Waals surface area contributed by atoms with E-state index in [2.05, 4.69) is 26.3 Å². The number of esters is 1. The van der Waals surface area contributed by atoms with Crippen molar-refractivity contribution in [3.8, 4) is 0 Å². The zero-order chi connectivity index (χ0) is 22.1. The van der Waals surface area contributed by atoms with Gasteiger partial charge < -0.3 is 9.64 Å². The number of hydrogen-bond acceptors (Lipinski definition) is 7. The zero-order valence-electron chi connectivity index (χ0n) is 17.4. The van der Waals surface area contributed by atoms with Gasteiger partial charge in [0, 0.05) is 18.7 Å². The molecule has 0 aliphatic carbocycles. The lowest BCUT2D eigenvalue weighted by Gasteiger charge is -2.31. The monoisotopic (exact) mass is 444 g/mol. The fourth-order valence-corrected chi connectivity index (χ4v) is 4.76. The lowest BCUT2D eigenvalue weighted by Crippen LogP contribution is -2.33. The number of nitrogens with one attached hydrogen (secondary N) is 1. The number of amides is 1. The summed E-state index contributed by atoms with van der Waals surface area (Å²) in [6.07, 6.45) is 0.779. The van der Waals surface area contributed by atoms with Crippen LogP contribution in [0.1, 0.15) is 32.0 Å². The Kier molecular flexibility index (Phi) is 5.28. The standard InChI is InChI=1S/C24H20N4O3S/c1-31-23(30)19-9-5-11-21(25-19)28-13-12-15-6-4-7-16(17(15)14-28)22(29)27-24-26-18-8-2-3-10-20(18)32-24/h2-11H,12-14H2,1H3,(H,26,27,29). The molecule has 0 spiro atoms. The molecule has 0 unspecified atom stereocenters. The van der Waals surface area contributed by atoms with Crippen LogP contribution in [0.3, 0.4) is 0 Å². The summed E-state index contributed by atoms with van der Waals surface area (Å²) in [7, 11) is 1.34. The Morgan fingerprint density at radius 1 is 1.03 bits per heavy atom. The Labute approximate surface area is 188 Å². The van der Waals surface area contributed by atoms with E-state index in [-0.39, 0.29) is 11.6 Å². The highest BCUT2D eigenvalue weighted by Crippen LogP contribution is 2.29. The van der Waals surface area contributed by atoms with Crippen LogP contribution in [0.5, 0.6) is 0 Å². The fourth-order valence-electron chi connectivity index (χ4n) is 3.90. The molecule has 0 saturated heterocycles. The molecule has 1 amide bonds. The van der Waals surface area contributed by atoms with Gasteiger partial charge in [-0.2, -0.15) is 0 Å². The first-order valence-electron chi connectivity index (χ1n) is 10.2. The highest BCUT2D eigenvalue weighted by atomic mass is 32.1. The molecule has 1 aliphatic rings. The summed E-state index contributed by atoms with van der Waals surface area (Å²) >= 11 is 1.45. The second-order valence-electron chi connectivity index (χ2n) is 7.43. The minimum absolute atomic E-state index is 0.181. The predicted octanol–water partition coefficient (Wildman–Crippen LogP) is 4.29. The van der Waals surface area contributed by atoms with Gasteiger partial charge in [-0.05, 0) is 47.9 Å². The van der Waals surface area contributed by atoms with Gasteiger partial charge in [-0.3, -0.25) is 10.1 Å². The van der Waals surface area contributed by atoms with Crippen molar-refractivity contribution in [3.05, 3.63) is 83.0 Å². The van der Waals surface area contributed by atoms with E-state index in [1.165, 1.54) is 18.4 Å². The number of rotatable bonds is 4. The number of para-hydroxylation sites is 1. The van der Waals surface area contributed by atoms with Gasteiger partial charge in [0.25, 0.3) is 5.91 Å². The Morgan fingerprint density at radius 2 is 1.88 bits per heavy atom. The second-order valence-corrected chi connectivity index (χ2v) is 8.46. The molecule has 0 saturated carbocycles. The van der Waals surface area contributed by atoms with Crippen molar-refractivity contribution < 1.29 is 14.3 Å². The van der Waals surface area contributed by atoms with E-state index in [1.807, 2.05) is 42.5 Å². The lowest BCUT2D eigenvalue weighted by molar-refractivity contribution is 0.0594. The number of carbonyl (C=O) groups excluding carboxylic acids is 2. The number of methoxy groups -OCH3 is 1. The Morgan fingerprint density at radius 3 is 2.72 bits per heavy atom. The average Bonchev–Trinajstić information content (AvgIpc) is 3.25. The molecule has 3 heterocycles. The summed E-state index contributed by atoms with van der Waals surface area (Å²) in [5, 5.41) is 3.53. The smallest absolute Gasteiger partial charge is 0.356 e. The molecule has 0 bridgehead atoms. The molecule has 4 aromatic rings. The van der Waals surface area contributed by atoms with Crippen molar-refractivity contribution in [3.63, 3.8) is 0 Å². The number of fused-ring (bicyclic) bond motifs is 2. The van der Waals surface area contributed by atoms with Gasteiger partial charge in [0.15, 0.2) is 10.8 Å². The molecule has 2 aromatic heterocycles. The van der Waals surface area contributed by atoms with Gasteiger partial charge in [-0.1, -0.05) is 41.7 Å². The normalized spacial score (nSPS) is 13.0. The van der Waals surface area contributed by atoms with Crippen LogP contribution in [0.2, 0.25) is 0 Å². The van der Waals surface area contributed by atoms with Crippen LogP contribution in [0.4, 0.5) is 10.9 Å². The Balaban J connectivity index is 1.41. The number of pyridine rings is 1. The first-order chi connectivity index (χ1) is 15.6. The molecule has 8 heteroatoms. The third-order valence-electron chi connectivity index (χ3n) is 5.48. The van der Waals surface area contributed by atoms with E-state index in [4.69, 9.17) is 4.74 Å². The van der Waals surface area contributed by atoms with Crippen LogP contribution in [0, 0.1) is 0 Å². The van der Waals surface area contributed by atoms with E-state index in [0.717, 1.165) is 34.3 Å². The SMILES string of the molecule is COC(=O)c1cccc(N2CCc3cccc(C(=O)Nc4nc5ccccc5s4)c3C2)n1. The largest absolute Gasteiger partial charge is 0.464 e. The van der Waals surface area contributed by atoms with Gasteiger partial charge in [0.05, 0.1) is 17.3 Å². The molecule has 7 nitrogen and oxygen atoms in total. The lowest BCUT2D eigenvalue weighted by atomic mass is 9.94. The summed E-state index contributed by atoms with van der Waals surface area (Å²) in [5.41, 5.74) is 3.85. The number of hydrogen-bond donors (Lipinski definition) is 1. The molecular weight excluding hydrogens is 424 g/mol. The first kappa shape index (κ1) is 20.1. The van der Waals surface area contributed by atoms with Crippen molar-refractivity contribution in [2.24, 2.45) is 0 Å².